The highest BCUT2D eigenvalue weighted by molar-refractivity contribution is 6.03. The summed E-state index contributed by atoms with van der Waals surface area (Å²) in [6.45, 7) is 2.01. The Bertz CT molecular complexity index is 1110. The molecule has 4 rings (SSSR count). The monoisotopic (exact) mass is 388 g/mol. The SMILES string of the molecule is Cc1ccc(C2=NN(C(=O)CCC(=O)O)C(c3ccc4nccnc4c3)C2)cc1. The fourth-order valence-corrected chi connectivity index (χ4v) is 3.44. The molecule has 7 heteroatoms. The van der Waals surface area contributed by atoms with Crippen LogP contribution in [0.25, 0.3) is 11.0 Å². The van der Waals surface area contributed by atoms with E-state index in [1.165, 1.54) is 5.01 Å². The molecule has 1 N–H and O–H groups in total. The number of rotatable bonds is 5. The summed E-state index contributed by atoms with van der Waals surface area (Å²) >= 11 is 0. The van der Waals surface area contributed by atoms with Crippen molar-refractivity contribution in [3.63, 3.8) is 0 Å². The third-order valence-electron chi connectivity index (χ3n) is 4.98. The van der Waals surface area contributed by atoms with Crippen LogP contribution in [0.3, 0.4) is 0 Å². The summed E-state index contributed by atoms with van der Waals surface area (Å²) in [6, 6.07) is 13.4. The quantitative estimate of drug-likeness (QED) is 0.722. The molecule has 2 aromatic carbocycles. The first-order valence-electron chi connectivity index (χ1n) is 9.40. The number of benzene rings is 2. The highest BCUT2D eigenvalue weighted by Gasteiger charge is 2.33. The summed E-state index contributed by atoms with van der Waals surface area (Å²) in [4.78, 5) is 32.3. The van der Waals surface area contributed by atoms with E-state index in [4.69, 9.17) is 5.11 Å². The molecule has 29 heavy (non-hydrogen) atoms. The van der Waals surface area contributed by atoms with Crippen LogP contribution < -0.4 is 0 Å². The average molecular weight is 388 g/mol. The fourth-order valence-electron chi connectivity index (χ4n) is 3.44. The fraction of sp³-hybridized carbons (Fsp3) is 0.227. The van der Waals surface area contributed by atoms with Crippen molar-refractivity contribution >= 4 is 28.6 Å². The topological polar surface area (TPSA) is 95.8 Å². The average Bonchev–Trinajstić information content (AvgIpc) is 3.17. The van der Waals surface area contributed by atoms with E-state index in [0.717, 1.165) is 33.4 Å². The van der Waals surface area contributed by atoms with Crippen LogP contribution in [0.15, 0.2) is 60.0 Å². The van der Waals surface area contributed by atoms with Crippen LogP contribution >= 0.6 is 0 Å². The Morgan fingerprint density at radius 3 is 2.48 bits per heavy atom. The van der Waals surface area contributed by atoms with E-state index in [9.17, 15) is 9.59 Å². The summed E-state index contributed by atoms with van der Waals surface area (Å²) < 4.78 is 0. The number of aliphatic carboxylic acids is 1. The molecular weight excluding hydrogens is 368 g/mol. The highest BCUT2D eigenvalue weighted by atomic mass is 16.4. The van der Waals surface area contributed by atoms with Gasteiger partial charge in [-0.05, 0) is 30.2 Å². The number of aromatic nitrogens is 2. The predicted molar refractivity (Wildman–Crippen MR) is 108 cm³/mol. The summed E-state index contributed by atoms with van der Waals surface area (Å²) in [5, 5.41) is 14.9. The predicted octanol–water partition coefficient (Wildman–Crippen LogP) is 3.48. The van der Waals surface area contributed by atoms with Crippen molar-refractivity contribution in [1.82, 2.24) is 15.0 Å². The number of amides is 1. The van der Waals surface area contributed by atoms with Crippen molar-refractivity contribution in [2.45, 2.75) is 32.2 Å². The van der Waals surface area contributed by atoms with E-state index in [1.54, 1.807) is 12.4 Å². The minimum atomic E-state index is -1.00. The Balaban J connectivity index is 1.68. The second-order valence-corrected chi connectivity index (χ2v) is 7.07. The van der Waals surface area contributed by atoms with Gasteiger partial charge < -0.3 is 5.11 Å². The maximum atomic E-state index is 12.8. The van der Waals surface area contributed by atoms with Gasteiger partial charge in [0, 0.05) is 25.2 Å². The second-order valence-electron chi connectivity index (χ2n) is 7.07. The lowest BCUT2D eigenvalue weighted by Gasteiger charge is -2.22. The molecule has 7 nitrogen and oxygen atoms in total. The van der Waals surface area contributed by atoms with Crippen molar-refractivity contribution in [1.29, 1.82) is 0 Å². The lowest BCUT2D eigenvalue weighted by Crippen LogP contribution is -2.27. The maximum absolute atomic E-state index is 12.8. The number of carboxylic acid groups (broad SMARTS) is 1. The number of hydrogen-bond acceptors (Lipinski definition) is 5. The summed E-state index contributed by atoms with van der Waals surface area (Å²) in [6.07, 6.45) is 3.50. The highest BCUT2D eigenvalue weighted by Crippen LogP contribution is 2.34. The molecule has 1 aliphatic heterocycles. The van der Waals surface area contributed by atoms with E-state index >= 15 is 0 Å². The largest absolute Gasteiger partial charge is 0.481 e. The Morgan fingerprint density at radius 2 is 1.76 bits per heavy atom. The number of hydrogen-bond donors (Lipinski definition) is 1. The van der Waals surface area contributed by atoms with Gasteiger partial charge in [0.2, 0.25) is 5.91 Å². The molecule has 0 aliphatic carbocycles. The van der Waals surface area contributed by atoms with Crippen LogP contribution in [0, 0.1) is 6.92 Å². The summed E-state index contributed by atoms with van der Waals surface area (Å²) in [5.74, 6) is -1.31. The summed E-state index contributed by atoms with van der Waals surface area (Å²) in [7, 11) is 0. The van der Waals surface area contributed by atoms with Crippen LogP contribution in [-0.2, 0) is 9.59 Å². The van der Waals surface area contributed by atoms with E-state index in [1.807, 2.05) is 49.4 Å². The van der Waals surface area contributed by atoms with Gasteiger partial charge >= 0.3 is 5.97 Å². The summed E-state index contributed by atoms with van der Waals surface area (Å²) in [5.41, 5.74) is 5.32. The number of hydrazone groups is 1. The molecule has 1 aromatic heterocycles. The zero-order chi connectivity index (χ0) is 20.4. The van der Waals surface area contributed by atoms with Gasteiger partial charge in [0.25, 0.3) is 0 Å². The Hall–Kier alpha value is -3.61. The van der Waals surface area contributed by atoms with Gasteiger partial charge in [0.05, 0.1) is 29.2 Å². The first kappa shape index (κ1) is 18.7. The molecule has 0 bridgehead atoms. The molecule has 1 amide bonds. The smallest absolute Gasteiger partial charge is 0.303 e. The molecule has 146 valence electrons. The minimum Gasteiger partial charge on any atom is -0.481 e. The molecule has 1 atom stereocenters. The first-order chi connectivity index (χ1) is 14.0. The van der Waals surface area contributed by atoms with Crippen molar-refractivity contribution in [3.05, 3.63) is 71.5 Å². The molecule has 1 unspecified atom stereocenters. The van der Waals surface area contributed by atoms with Gasteiger partial charge in [-0.15, -0.1) is 0 Å². The Kier molecular flexibility index (Phi) is 5.03. The molecule has 0 radical (unpaired) electrons. The van der Waals surface area contributed by atoms with Crippen LogP contribution in [0.5, 0.6) is 0 Å². The molecule has 1 aliphatic rings. The number of aryl methyl sites for hydroxylation is 1. The Morgan fingerprint density at radius 1 is 1.03 bits per heavy atom. The second kappa shape index (κ2) is 7.79. The maximum Gasteiger partial charge on any atom is 0.303 e. The van der Waals surface area contributed by atoms with Crippen molar-refractivity contribution < 1.29 is 14.7 Å². The van der Waals surface area contributed by atoms with Gasteiger partial charge in [-0.2, -0.15) is 5.10 Å². The minimum absolute atomic E-state index is 0.0934. The van der Waals surface area contributed by atoms with Crippen molar-refractivity contribution in [3.8, 4) is 0 Å². The third-order valence-corrected chi connectivity index (χ3v) is 4.98. The zero-order valence-electron chi connectivity index (χ0n) is 15.9. The van der Waals surface area contributed by atoms with E-state index in [-0.39, 0.29) is 24.8 Å². The van der Waals surface area contributed by atoms with Gasteiger partial charge in [0.1, 0.15) is 0 Å². The standard InChI is InChI=1S/C22H20N4O3/c1-14-2-4-15(5-3-14)18-13-20(26(25-18)21(27)8-9-22(28)29)16-6-7-17-19(12-16)24-11-10-23-17/h2-7,10-12,20H,8-9,13H2,1H3,(H,28,29). The zero-order valence-corrected chi connectivity index (χ0v) is 15.9. The molecule has 0 saturated carbocycles. The molecule has 0 fully saturated rings. The van der Waals surface area contributed by atoms with Gasteiger partial charge in [-0.3, -0.25) is 19.6 Å². The number of fused-ring (bicyclic) bond motifs is 1. The lowest BCUT2D eigenvalue weighted by atomic mass is 9.97. The first-order valence-corrected chi connectivity index (χ1v) is 9.40. The molecule has 3 aromatic rings. The molecule has 2 heterocycles. The third kappa shape index (κ3) is 3.99. The van der Waals surface area contributed by atoms with Crippen molar-refractivity contribution in [2.24, 2.45) is 5.10 Å². The lowest BCUT2D eigenvalue weighted by molar-refractivity contribution is -0.141. The number of carbonyl (C=O) groups is 2. The Labute approximate surface area is 167 Å². The molecular formula is C22H20N4O3. The van der Waals surface area contributed by atoms with Gasteiger partial charge in [0.15, 0.2) is 0 Å². The van der Waals surface area contributed by atoms with Crippen LogP contribution in [0.1, 0.15) is 42.0 Å². The number of carboxylic acids is 1. The van der Waals surface area contributed by atoms with E-state index < -0.39 is 5.97 Å². The van der Waals surface area contributed by atoms with Crippen LogP contribution in [0.2, 0.25) is 0 Å². The number of nitrogens with zero attached hydrogens (tertiary/aromatic N) is 4. The van der Waals surface area contributed by atoms with Gasteiger partial charge in [-0.1, -0.05) is 35.9 Å². The molecule has 0 saturated heterocycles. The molecule has 0 spiro atoms. The van der Waals surface area contributed by atoms with Crippen LogP contribution in [-0.4, -0.2) is 37.7 Å². The van der Waals surface area contributed by atoms with Crippen molar-refractivity contribution in [2.75, 3.05) is 0 Å². The van der Waals surface area contributed by atoms with Gasteiger partial charge in [-0.25, -0.2) is 5.01 Å². The van der Waals surface area contributed by atoms with Crippen LogP contribution in [0.4, 0.5) is 0 Å². The van der Waals surface area contributed by atoms with E-state index in [2.05, 4.69) is 15.1 Å². The van der Waals surface area contributed by atoms with E-state index in [0.29, 0.717) is 6.42 Å². The number of carbonyl (C=O) groups excluding carboxylic acids is 1. The normalized spacial score (nSPS) is 16.1.